The lowest BCUT2D eigenvalue weighted by Crippen LogP contribution is -2.26. The van der Waals surface area contributed by atoms with Crippen molar-refractivity contribution in [2.75, 3.05) is 24.6 Å². The highest BCUT2D eigenvalue weighted by Crippen LogP contribution is 2.18. The molecule has 1 aromatic rings. The van der Waals surface area contributed by atoms with Crippen LogP contribution in [0.4, 0.5) is 0 Å². The first kappa shape index (κ1) is 15.5. The zero-order valence-electron chi connectivity index (χ0n) is 10.6. The Balaban J connectivity index is 2.27. The van der Waals surface area contributed by atoms with Gasteiger partial charge in [-0.25, -0.2) is 8.42 Å². The normalized spacial score (nSPS) is 13.4. The Hall–Kier alpha value is -0.580. The molecule has 0 aliphatic carbocycles. The molecule has 1 aromatic carbocycles. The molecule has 102 valence electrons. The van der Waals surface area contributed by atoms with Gasteiger partial charge in [0.25, 0.3) is 0 Å². The first-order valence-electron chi connectivity index (χ1n) is 6.15. The van der Waals surface area contributed by atoms with Crippen LogP contribution in [0.5, 0.6) is 0 Å². The third kappa shape index (κ3) is 5.85. The van der Waals surface area contributed by atoms with Crippen LogP contribution < -0.4 is 5.32 Å². The van der Waals surface area contributed by atoms with E-state index in [2.05, 4.69) is 5.32 Å². The van der Waals surface area contributed by atoms with Crippen LogP contribution in [0.25, 0.3) is 0 Å². The molecule has 0 aliphatic heterocycles. The first-order valence-corrected chi connectivity index (χ1v) is 8.41. The van der Waals surface area contributed by atoms with Gasteiger partial charge in [0.05, 0.1) is 11.1 Å². The molecule has 1 rings (SSSR count). The molecular weight excluding hydrogens is 270 g/mol. The molecule has 0 aromatic heterocycles. The van der Waals surface area contributed by atoms with Gasteiger partial charge < -0.3 is 5.32 Å². The number of hydrogen-bond donors (Lipinski definition) is 1. The van der Waals surface area contributed by atoms with Crippen molar-refractivity contribution in [2.45, 2.75) is 18.7 Å². The van der Waals surface area contributed by atoms with Crippen LogP contribution in [0.3, 0.4) is 0 Å². The fourth-order valence-electron chi connectivity index (χ4n) is 1.65. The zero-order valence-corrected chi connectivity index (χ0v) is 12.2. The predicted octanol–water partition coefficient (Wildman–Crippen LogP) is 2.38. The highest BCUT2D eigenvalue weighted by molar-refractivity contribution is 7.91. The van der Waals surface area contributed by atoms with E-state index in [4.69, 9.17) is 11.6 Å². The molecule has 0 saturated heterocycles. The summed E-state index contributed by atoms with van der Waals surface area (Å²) in [4.78, 5) is 0. The summed E-state index contributed by atoms with van der Waals surface area (Å²) in [6.45, 7) is 2.90. The van der Waals surface area contributed by atoms with Crippen LogP contribution in [0, 0.1) is 0 Å². The van der Waals surface area contributed by atoms with Crippen LogP contribution >= 0.6 is 11.6 Å². The van der Waals surface area contributed by atoms with E-state index in [1.165, 1.54) is 0 Å². The molecule has 0 spiro atoms. The average Bonchev–Trinajstić information content (AvgIpc) is 2.35. The number of rotatable bonds is 8. The monoisotopic (exact) mass is 289 g/mol. The highest BCUT2D eigenvalue weighted by Gasteiger charge is 2.10. The standard InChI is InChI=1S/C13H20ClNO2S/c1-2-9-18(16,17)10-8-15-11-13(14)12-6-4-3-5-7-12/h3-7,13,15H,2,8-11H2,1H3. The smallest absolute Gasteiger partial charge is 0.151 e. The van der Waals surface area contributed by atoms with Gasteiger partial charge in [0.1, 0.15) is 0 Å². The van der Waals surface area contributed by atoms with Crippen molar-refractivity contribution < 1.29 is 8.42 Å². The molecule has 5 heteroatoms. The van der Waals surface area contributed by atoms with Gasteiger partial charge in [0, 0.05) is 18.8 Å². The summed E-state index contributed by atoms with van der Waals surface area (Å²) in [5.41, 5.74) is 1.04. The number of sulfone groups is 1. The molecule has 1 unspecified atom stereocenters. The van der Waals surface area contributed by atoms with Crippen LogP contribution in [-0.4, -0.2) is 33.0 Å². The number of benzene rings is 1. The summed E-state index contributed by atoms with van der Waals surface area (Å²) in [5, 5.41) is 2.96. The Kier molecular flexibility index (Phi) is 6.68. The van der Waals surface area contributed by atoms with E-state index in [0.29, 0.717) is 19.5 Å². The summed E-state index contributed by atoms with van der Waals surface area (Å²) < 4.78 is 22.9. The van der Waals surface area contributed by atoms with Gasteiger partial charge in [-0.05, 0) is 12.0 Å². The molecule has 0 amide bonds. The van der Waals surface area contributed by atoms with Crippen molar-refractivity contribution in [2.24, 2.45) is 0 Å². The lowest BCUT2D eigenvalue weighted by molar-refractivity contribution is 0.589. The lowest BCUT2D eigenvalue weighted by Gasteiger charge is -2.11. The second-order valence-electron chi connectivity index (χ2n) is 4.23. The summed E-state index contributed by atoms with van der Waals surface area (Å²) in [6.07, 6.45) is 0.671. The van der Waals surface area contributed by atoms with E-state index < -0.39 is 9.84 Å². The maximum Gasteiger partial charge on any atom is 0.151 e. The molecule has 3 nitrogen and oxygen atoms in total. The van der Waals surface area contributed by atoms with E-state index in [1.54, 1.807) is 0 Å². The minimum atomic E-state index is -2.90. The van der Waals surface area contributed by atoms with Crippen molar-refractivity contribution >= 4 is 21.4 Å². The third-order valence-electron chi connectivity index (χ3n) is 2.59. The van der Waals surface area contributed by atoms with Gasteiger partial charge in [-0.3, -0.25) is 0 Å². The number of halogens is 1. The second kappa shape index (κ2) is 7.77. The van der Waals surface area contributed by atoms with Gasteiger partial charge in [-0.15, -0.1) is 11.6 Å². The molecule has 0 heterocycles. The summed E-state index contributed by atoms with van der Waals surface area (Å²) >= 11 is 6.21. The maximum atomic E-state index is 11.5. The first-order chi connectivity index (χ1) is 8.55. The van der Waals surface area contributed by atoms with Crippen LogP contribution in [0.15, 0.2) is 30.3 Å². The van der Waals surface area contributed by atoms with E-state index in [0.717, 1.165) is 5.56 Å². The van der Waals surface area contributed by atoms with Crippen molar-refractivity contribution in [1.29, 1.82) is 0 Å². The Morgan fingerprint density at radius 2 is 1.89 bits per heavy atom. The van der Waals surface area contributed by atoms with E-state index in [-0.39, 0.29) is 16.9 Å². The molecule has 0 saturated carbocycles. The lowest BCUT2D eigenvalue weighted by atomic mass is 10.1. The fourth-order valence-corrected chi connectivity index (χ4v) is 3.19. The molecule has 0 bridgehead atoms. The largest absolute Gasteiger partial charge is 0.314 e. The number of hydrogen-bond acceptors (Lipinski definition) is 3. The second-order valence-corrected chi connectivity index (χ2v) is 7.06. The molecule has 0 radical (unpaired) electrons. The third-order valence-corrected chi connectivity index (χ3v) is 4.85. The van der Waals surface area contributed by atoms with Crippen molar-refractivity contribution in [3.63, 3.8) is 0 Å². The minimum Gasteiger partial charge on any atom is -0.314 e. The Morgan fingerprint density at radius 3 is 2.50 bits per heavy atom. The van der Waals surface area contributed by atoms with Crippen LogP contribution in [0.1, 0.15) is 24.3 Å². The van der Waals surface area contributed by atoms with Crippen molar-refractivity contribution in [3.8, 4) is 0 Å². The average molecular weight is 290 g/mol. The quantitative estimate of drug-likeness (QED) is 0.590. The van der Waals surface area contributed by atoms with E-state index in [9.17, 15) is 8.42 Å². The van der Waals surface area contributed by atoms with Gasteiger partial charge in [-0.1, -0.05) is 37.3 Å². The molecule has 1 N–H and O–H groups in total. The predicted molar refractivity (Wildman–Crippen MR) is 76.9 cm³/mol. The van der Waals surface area contributed by atoms with Crippen molar-refractivity contribution in [3.05, 3.63) is 35.9 Å². The Bertz CT molecular complexity index is 434. The molecular formula is C13H20ClNO2S. The Morgan fingerprint density at radius 1 is 1.22 bits per heavy atom. The summed E-state index contributed by atoms with van der Waals surface area (Å²) in [7, 11) is -2.90. The maximum absolute atomic E-state index is 11.5. The molecule has 1 atom stereocenters. The summed E-state index contributed by atoms with van der Waals surface area (Å²) in [6, 6.07) is 9.76. The topological polar surface area (TPSA) is 46.2 Å². The SMILES string of the molecule is CCCS(=O)(=O)CCNCC(Cl)c1ccccc1. The van der Waals surface area contributed by atoms with Crippen LogP contribution in [0.2, 0.25) is 0 Å². The van der Waals surface area contributed by atoms with Crippen LogP contribution in [-0.2, 0) is 9.84 Å². The van der Waals surface area contributed by atoms with Gasteiger partial charge >= 0.3 is 0 Å². The molecule has 0 aliphatic rings. The fraction of sp³-hybridized carbons (Fsp3) is 0.538. The zero-order chi connectivity index (χ0) is 13.4. The Labute approximate surface area is 114 Å². The minimum absolute atomic E-state index is 0.125. The number of nitrogens with one attached hydrogen (secondary N) is 1. The van der Waals surface area contributed by atoms with Gasteiger partial charge in [-0.2, -0.15) is 0 Å². The molecule has 18 heavy (non-hydrogen) atoms. The highest BCUT2D eigenvalue weighted by atomic mass is 35.5. The van der Waals surface area contributed by atoms with Crippen molar-refractivity contribution in [1.82, 2.24) is 5.32 Å². The number of alkyl halides is 1. The van der Waals surface area contributed by atoms with E-state index in [1.807, 2.05) is 37.3 Å². The van der Waals surface area contributed by atoms with Gasteiger partial charge in [0.2, 0.25) is 0 Å². The van der Waals surface area contributed by atoms with Gasteiger partial charge in [0.15, 0.2) is 9.84 Å². The molecule has 0 fully saturated rings. The van der Waals surface area contributed by atoms with E-state index >= 15 is 0 Å². The summed E-state index contributed by atoms with van der Waals surface area (Å²) in [5.74, 6) is 0.441.